The number of hydrogen-bond acceptors (Lipinski definition) is 8. The molecule has 1 saturated heterocycles. The lowest BCUT2D eigenvalue weighted by atomic mass is 10.1. The highest BCUT2D eigenvalue weighted by molar-refractivity contribution is 8.00. The van der Waals surface area contributed by atoms with E-state index in [1.807, 2.05) is 0 Å². The second-order valence-corrected chi connectivity index (χ2v) is 11.5. The average molecular weight is 535 g/mol. The summed E-state index contributed by atoms with van der Waals surface area (Å²) >= 11 is 1.26. The van der Waals surface area contributed by atoms with Crippen molar-refractivity contribution in [1.82, 2.24) is 24.4 Å². The zero-order chi connectivity index (χ0) is 25.8. The number of carbonyl (C=O) groups excluding carboxylic acids is 2. The van der Waals surface area contributed by atoms with Crippen LogP contribution in [-0.4, -0.2) is 64.8 Å². The maximum atomic E-state index is 13.6. The Kier molecular flexibility index (Phi) is 6.12. The van der Waals surface area contributed by atoms with E-state index in [1.165, 1.54) is 45.6 Å². The molecule has 2 aliphatic rings. The Hall–Kier alpha value is -3.23. The van der Waals surface area contributed by atoms with E-state index in [1.54, 1.807) is 20.9 Å². The summed E-state index contributed by atoms with van der Waals surface area (Å²) in [6.07, 6.45) is 1.40. The number of sulfonamides is 1. The first-order valence-electron chi connectivity index (χ1n) is 11.0. The van der Waals surface area contributed by atoms with Crippen molar-refractivity contribution >= 4 is 39.3 Å². The highest BCUT2D eigenvalue weighted by Gasteiger charge is 2.42. The number of carbonyl (C=O) groups is 2. The van der Waals surface area contributed by atoms with Crippen molar-refractivity contribution in [1.29, 1.82) is 0 Å². The van der Waals surface area contributed by atoms with Gasteiger partial charge in [-0.15, -0.1) is 22.0 Å². The first-order chi connectivity index (χ1) is 17.0. The third kappa shape index (κ3) is 4.40. The van der Waals surface area contributed by atoms with Gasteiger partial charge in [0.1, 0.15) is 16.4 Å². The van der Waals surface area contributed by atoms with Gasteiger partial charge in [-0.05, 0) is 30.7 Å². The minimum absolute atomic E-state index is 0.00816. The van der Waals surface area contributed by atoms with E-state index in [2.05, 4.69) is 20.2 Å². The number of nitrogens with zero attached hydrogens (tertiary/aromatic N) is 4. The van der Waals surface area contributed by atoms with E-state index >= 15 is 0 Å². The van der Waals surface area contributed by atoms with Crippen molar-refractivity contribution in [3.8, 4) is 0 Å². The van der Waals surface area contributed by atoms with Gasteiger partial charge in [0, 0.05) is 56.7 Å². The normalized spacial score (nSPS) is 20.8. The van der Waals surface area contributed by atoms with Gasteiger partial charge in [0.25, 0.3) is 5.91 Å². The number of halogens is 1. The molecule has 190 valence electrons. The summed E-state index contributed by atoms with van der Waals surface area (Å²) in [6.45, 7) is 3.61. The zero-order valence-electron chi connectivity index (χ0n) is 19.6. The summed E-state index contributed by atoms with van der Waals surface area (Å²) < 4.78 is 49.7. The number of amides is 2. The number of likely N-dealkylation sites (tertiary alicyclic amines) is 1. The Balaban J connectivity index is 1.41. The Bertz CT molecular complexity index is 1480. The molecule has 2 N–H and O–H groups in total. The van der Waals surface area contributed by atoms with Gasteiger partial charge in [0.05, 0.1) is 4.90 Å². The molecule has 4 heterocycles. The molecular weight excluding hydrogens is 511 g/mol. The molecule has 0 aliphatic carbocycles. The average Bonchev–Trinajstić information content (AvgIpc) is 3.50. The molecule has 36 heavy (non-hydrogen) atoms. The fraction of sp³-hybridized carbons (Fsp3) is 0.364. The second kappa shape index (κ2) is 9.01. The van der Waals surface area contributed by atoms with E-state index in [0.717, 1.165) is 0 Å². The second-order valence-electron chi connectivity index (χ2n) is 8.84. The molecule has 0 radical (unpaired) electrons. The van der Waals surface area contributed by atoms with E-state index in [-0.39, 0.29) is 34.8 Å². The molecule has 2 amide bonds. The summed E-state index contributed by atoms with van der Waals surface area (Å²) in [4.78, 5) is 27.7. The van der Waals surface area contributed by atoms with Crippen molar-refractivity contribution in [2.24, 2.45) is 13.0 Å². The van der Waals surface area contributed by atoms with Crippen molar-refractivity contribution in [2.75, 3.05) is 24.2 Å². The highest BCUT2D eigenvalue weighted by atomic mass is 32.2. The Morgan fingerprint density at radius 3 is 2.72 bits per heavy atom. The molecular formula is C22H23FN6O5S2. The van der Waals surface area contributed by atoms with Crippen LogP contribution < -0.4 is 10.0 Å². The first-order valence-corrected chi connectivity index (χ1v) is 13.5. The quantitative estimate of drug-likeness (QED) is 0.520. The van der Waals surface area contributed by atoms with Crippen LogP contribution in [0.1, 0.15) is 32.6 Å². The van der Waals surface area contributed by atoms with Crippen LogP contribution in [0.15, 0.2) is 38.6 Å². The van der Waals surface area contributed by atoms with Gasteiger partial charge in [-0.1, -0.05) is 0 Å². The standard InChI is InChI=1S/C22H23FN6O5S2/c1-11-6-14(4-5-15(11)23)24-20(30)18-19-17(9-28(18)3)36(32,33)27-16-8-29(7-13(16)10-35-19)22(31)21-26-25-12(2)34-21/h4-6,9,13,16,27H,7-8,10H2,1-3H3,(H,24,30). The number of hydrogen-bond donors (Lipinski definition) is 2. The lowest BCUT2D eigenvalue weighted by Gasteiger charge is -2.22. The van der Waals surface area contributed by atoms with E-state index in [9.17, 15) is 22.4 Å². The van der Waals surface area contributed by atoms with Gasteiger partial charge < -0.3 is 19.2 Å². The van der Waals surface area contributed by atoms with Crippen molar-refractivity contribution in [3.05, 3.63) is 53.3 Å². The third-order valence-corrected chi connectivity index (χ3v) is 9.14. The maximum absolute atomic E-state index is 13.6. The number of aromatic nitrogens is 3. The van der Waals surface area contributed by atoms with Crippen LogP contribution in [-0.2, 0) is 17.1 Å². The van der Waals surface area contributed by atoms with Crippen LogP contribution in [0, 0.1) is 25.6 Å². The molecule has 1 aromatic carbocycles. The monoisotopic (exact) mass is 534 g/mol. The minimum Gasteiger partial charge on any atom is -0.417 e. The Labute approximate surface area is 210 Å². The van der Waals surface area contributed by atoms with Gasteiger partial charge in [-0.3, -0.25) is 9.59 Å². The van der Waals surface area contributed by atoms with Crippen molar-refractivity contribution < 1.29 is 26.8 Å². The number of nitrogens with one attached hydrogen (secondary N) is 2. The molecule has 2 aromatic heterocycles. The maximum Gasteiger partial charge on any atom is 0.311 e. The predicted molar refractivity (Wildman–Crippen MR) is 128 cm³/mol. The molecule has 2 atom stereocenters. The van der Waals surface area contributed by atoms with Crippen LogP contribution in [0.4, 0.5) is 10.1 Å². The Morgan fingerprint density at radius 2 is 2.03 bits per heavy atom. The number of anilines is 1. The first kappa shape index (κ1) is 24.5. The number of rotatable bonds is 3. The van der Waals surface area contributed by atoms with Gasteiger partial charge >= 0.3 is 11.8 Å². The zero-order valence-corrected chi connectivity index (χ0v) is 21.2. The molecule has 11 nitrogen and oxygen atoms in total. The molecule has 2 aliphatic heterocycles. The Morgan fingerprint density at radius 1 is 1.25 bits per heavy atom. The van der Waals surface area contributed by atoms with Crippen LogP contribution >= 0.6 is 11.8 Å². The molecule has 1 fully saturated rings. The summed E-state index contributed by atoms with van der Waals surface area (Å²) in [5, 5.41) is 10.2. The number of aryl methyl sites for hydroxylation is 3. The largest absolute Gasteiger partial charge is 0.417 e. The lowest BCUT2D eigenvalue weighted by Crippen LogP contribution is -2.42. The lowest BCUT2D eigenvalue weighted by molar-refractivity contribution is 0.0745. The van der Waals surface area contributed by atoms with Crippen LogP contribution in [0.5, 0.6) is 0 Å². The van der Waals surface area contributed by atoms with Gasteiger partial charge in [0.2, 0.25) is 15.9 Å². The smallest absolute Gasteiger partial charge is 0.311 e. The fourth-order valence-electron chi connectivity index (χ4n) is 4.39. The topological polar surface area (TPSA) is 139 Å². The number of fused-ring (bicyclic) bond motifs is 2. The van der Waals surface area contributed by atoms with Gasteiger partial charge in [-0.2, -0.15) is 0 Å². The van der Waals surface area contributed by atoms with E-state index < -0.39 is 33.7 Å². The molecule has 5 rings (SSSR count). The van der Waals surface area contributed by atoms with E-state index in [0.29, 0.717) is 28.4 Å². The summed E-state index contributed by atoms with van der Waals surface area (Å²) in [5.41, 5.74) is 0.943. The summed E-state index contributed by atoms with van der Waals surface area (Å²) in [7, 11) is -2.40. The van der Waals surface area contributed by atoms with Crippen LogP contribution in [0.3, 0.4) is 0 Å². The SMILES string of the molecule is Cc1nnc(C(=O)N2CC3CSc4c(cn(C)c4C(=O)Nc4ccc(F)c(C)c4)S(=O)(=O)NC3C2)o1. The minimum atomic E-state index is -4.00. The number of thioether (sulfide) groups is 1. The molecule has 0 spiro atoms. The van der Waals surface area contributed by atoms with E-state index in [4.69, 9.17) is 4.42 Å². The molecule has 2 unspecified atom stereocenters. The predicted octanol–water partition coefficient (Wildman–Crippen LogP) is 1.94. The van der Waals surface area contributed by atoms with Gasteiger partial charge in [-0.25, -0.2) is 17.5 Å². The summed E-state index contributed by atoms with van der Waals surface area (Å²) in [5.74, 6) is -0.987. The van der Waals surface area contributed by atoms with Crippen molar-refractivity contribution in [2.45, 2.75) is 29.7 Å². The van der Waals surface area contributed by atoms with Crippen LogP contribution in [0.2, 0.25) is 0 Å². The molecule has 14 heteroatoms. The number of benzene rings is 1. The van der Waals surface area contributed by atoms with Gasteiger partial charge in [0.15, 0.2) is 0 Å². The molecule has 0 bridgehead atoms. The highest BCUT2D eigenvalue weighted by Crippen LogP contribution is 2.38. The molecule has 0 saturated carbocycles. The fourth-order valence-corrected chi connectivity index (χ4v) is 7.62. The molecule has 3 aromatic rings. The van der Waals surface area contributed by atoms with Crippen molar-refractivity contribution in [3.63, 3.8) is 0 Å². The summed E-state index contributed by atoms with van der Waals surface area (Å²) in [6, 6.07) is 3.69. The third-order valence-electron chi connectivity index (χ3n) is 6.21. The van der Waals surface area contributed by atoms with Crippen LogP contribution in [0.25, 0.3) is 0 Å².